The van der Waals surface area contributed by atoms with E-state index < -0.39 is 6.61 Å². The highest BCUT2D eigenvalue weighted by Crippen LogP contribution is 2.29. The Bertz CT molecular complexity index is 367. The van der Waals surface area contributed by atoms with E-state index in [1.807, 2.05) is 0 Å². The highest BCUT2D eigenvalue weighted by atomic mass is 35.5. The molecule has 0 aliphatic rings. The average Bonchev–Trinajstić information content (AvgIpc) is 2.27. The second-order valence-corrected chi connectivity index (χ2v) is 3.15. The van der Waals surface area contributed by atoms with Crippen LogP contribution >= 0.6 is 11.6 Å². The smallest absolute Gasteiger partial charge is 0.387 e. The van der Waals surface area contributed by atoms with Crippen molar-refractivity contribution in [1.82, 2.24) is 0 Å². The second-order valence-electron chi connectivity index (χ2n) is 2.85. The van der Waals surface area contributed by atoms with Crippen LogP contribution in [0.15, 0.2) is 24.3 Å². The molecule has 1 rings (SSSR count). The Morgan fingerprint density at radius 1 is 1.38 bits per heavy atom. The number of rotatable bonds is 5. The molecule has 0 bridgehead atoms. The third-order valence-electron chi connectivity index (χ3n) is 1.80. The summed E-state index contributed by atoms with van der Waals surface area (Å²) < 4.78 is 33.3. The van der Waals surface area contributed by atoms with Gasteiger partial charge in [0.1, 0.15) is 0 Å². The number of benzene rings is 1. The number of hydrogen-bond donors (Lipinski definition) is 0. The predicted molar refractivity (Wildman–Crippen MR) is 59.4 cm³/mol. The van der Waals surface area contributed by atoms with Gasteiger partial charge in [0, 0.05) is 5.88 Å². The Labute approximate surface area is 97.4 Å². The first-order chi connectivity index (χ1) is 7.67. The largest absolute Gasteiger partial charge is 0.493 e. The molecule has 0 radical (unpaired) electrons. The molecule has 0 heterocycles. The van der Waals surface area contributed by atoms with E-state index in [9.17, 15) is 8.78 Å². The fourth-order valence-electron chi connectivity index (χ4n) is 1.16. The van der Waals surface area contributed by atoms with E-state index in [0.717, 1.165) is 5.56 Å². The number of hydrogen-bond acceptors (Lipinski definition) is 2. The van der Waals surface area contributed by atoms with Crippen molar-refractivity contribution < 1.29 is 18.3 Å². The Hall–Kier alpha value is -1.29. The molecule has 0 aliphatic carbocycles. The van der Waals surface area contributed by atoms with Gasteiger partial charge in [0.25, 0.3) is 0 Å². The van der Waals surface area contributed by atoms with Gasteiger partial charge in [-0.05, 0) is 17.7 Å². The van der Waals surface area contributed by atoms with Gasteiger partial charge < -0.3 is 9.47 Å². The number of methoxy groups -OCH3 is 1. The molecule has 16 heavy (non-hydrogen) atoms. The first-order valence-electron chi connectivity index (χ1n) is 4.52. The number of allylic oxidation sites excluding steroid dienone is 1. The molecule has 1 aromatic carbocycles. The molecule has 0 amide bonds. The third-order valence-corrected chi connectivity index (χ3v) is 1.98. The van der Waals surface area contributed by atoms with E-state index in [2.05, 4.69) is 4.74 Å². The lowest BCUT2D eigenvalue weighted by molar-refractivity contribution is -0.0512. The molecular formula is C11H11ClF2O2. The molecule has 0 atom stereocenters. The van der Waals surface area contributed by atoms with E-state index in [0.29, 0.717) is 5.88 Å². The first kappa shape index (κ1) is 12.8. The minimum atomic E-state index is -2.86. The van der Waals surface area contributed by atoms with E-state index >= 15 is 0 Å². The van der Waals surface area contributed by atoms with Crippen molar-refractivity contribution in [3.8, 4) is 11.5 Å². The zero-order valence-electron chi connectivity index (χ0n) is 8.62. The molecule has 5 heteroatoms. The lowest BCUT2D eigenvalue weighted by Crippen LogP contribution is -2.03. The Kier molecular flexibility index (Phi) is 5.05. The highest BCUT2D eigenvalue weighted by Gasteiger charge is 2.09. The topological polar surface area (TPSA) is 18.5 Å². The molecule has 0 unspecified atom stereocenters. The summed E-state index contributed by atoms with van der Waals surface area (Å²) in [6.45, 7) is -2.86. The lowest BCUT2D eigenvalue weighted by atomic mass is 10.2. The quantitative estimate of drug-likeness (QED) is 0.742. The maximum Gasteiger partial charge on any atom is 0.387 e. The molecule has 0 fully saturated rings. The molecular weight excluding hydrogens is 238 g/mol. The molecule has 2 nitrogen and oxygen atoms in total. The summed E-state index contributed by atoms with van der Waals surface area (Å²) in [6, 6.07) is 4.67. The van der Waals surface area contributed by atoms with Crippen LogP contribution in [-0.2, 0) is 0 Å². The maximum absolute atomic E-state index is 12.0. The van der Waals surface area contributed by atoms with Gasteiger partial charge in [-0.3, -0.25) is 0 Å². The maximum atomic E-state index is 12.0. The van der Waals surface area contributed by atoms with Gasteiger partial charge in [-0.2, -0.15) is 8.78 Å². The summed E-state index contributed by atoms with van der Waals surface area (Å²) in [4.78, 5) is 0. The summed E-state index contributed by atoms with van der Waals surface area (Å²) in [5.41, 5.74) is 0.805. The summed E-state index contributed by atoms with van der Waals surface area (Å²) in [6.07, 6.45) is 3.51. The van der Waals surface area contributed by atoms with Crippen molar-refractivity contribution in [2.24, 2.45) is 0 Å². The molecule has 0 N–H and O–H groups in total. The fourth-order valence-corrected chi connectivity index (χ4v) is 1.25. The minimum absolute atomic E-state index is 0.0144. The van der Waals surface area contributed by atoms with Crippen LogP contribution in [0.4, 0.5) is 8.78 Å². The first-order valence-corrected chi connectivity index (χ1v) is 5.06. The van der Waals surface area contributed by atoms with Crippen molar-refractivity contribution in [3.05, 3.63) is 29.8 Å². The van der Waals surface area contributed by atoms with Gasteiger partial charge in [-0.1, -0.05) is 18.2 Å². The summed E-state index contributed by atoms with van der Waals surface area (Å²) in [7, 11) is 1.39. The van der Waals surface area contributed by atoms with Gasteiger partial charge in [0.2, 0.25) is 0 Å². The average molecular weight is 249 g/mol. The standard InChI is InChI=1S/C11H11ClF2O2/c1-15-10-7-8(3-2-6-12)4-5-9(10)16-11(13)14/h2-5,7,11H,6H2,1H3. The monoisotopic (exact) mass is 248 g/mol. The Balaban J connectivity index is 2.92. The van der Waals surface area contributed by atoms with Crippen LogP contribution in [0.5, 0.6) is 11.5 Å². The summed E-state index contributed by atoms with van der Waals surface area (Å²) in [5, 5.41) is 0. The van der Waals surface area contributed by atoms with Crippen LogP contribution in [0, 0.1) is 0 Å². The molecule has 0 saturated heterocycles. The van der Waals surface area contributed by atoms with E-state index in [-0.39, 0.29) is 11.5 Å². The van der Waals surface area contributed by atoms with Crippen LogP contribution in [-0.4, -0.2) is 19.6 Å². The van der Waals surface area contributed by atoms with Gasteiger partial charge in [-0.15, -0.1) is 11.6 Å². The molecule has 0 spiro atoms. The van der Waals surface area contributed by atoms with Crippen molar-refractivity contribution in [1.29, 1.82) is 0 Å². The van der Waals surface area contributed by atoms with E-state index in [1.165, 1.54) is 13.2 Å². The van der Waals surface area contributed by atoms with Crippen molar-refractivity contribution in [2.45, 2.75) is 6.61 Å². The molecule has 88 valence electrons. The zero-order valence-corrected chi connectivity index (χ0v) is 9.38. The molecule has 1 aromatic rings. The van der Waals surface area contributed by atoms with E-state index in [1.54, 1.807) is 24.3 Å². The van der Waals surface area contributed by atoms with Crippen molar-refractivity contribution in [2.75, 3.05) is 13.0 Å². The van der Waals surface area contributed by atoms with Crippen LogP contribution in [0.3, 0.4) is 0 Å². The van der Waals surface area contributed by atoms with Gasteiger partial charge in [0.05, 0.1) is 7.11 Å². The van der Waals surface area contributed by atoms with Gasteiger partial charge in [0.15, 0.2) is 11.5 Å². The molecule has 0 aromatic heterocycles. The number of alkyl halides is 3. The zero-order chi connectivity index (χ0) is 12.0. The normalized spacial score (nSPS) is 11.1. The summed E-state index contributed by atoms with van der Waals surface area (Å²) >= 11 is 5.48. The number of halogens is 3. The van der Waals surface area contributed by atoms with Gasteiger partial charge in [-0.25, -0.2) is 0 Å². The lowest BCUT2D eigenvalue weighted by Gasteiger charge is -2.10. The van der Waals surface area contributed by atoms with E-state index in [4.69, 9.17) is 16.3 Å². The molecule has 0 saturated carbocycles. The predicted octanol–water partition coefficient (Wildman–Crippen LogP) is 3.55. The second kappa shape index (κ2) is 6.33. The third kappa shape index (κ3) is 3.70. The highest BCUT2D eigenvalue weighted by molar-refractivity contribution is 6.19. The SMILES string of the molecule is COc1cc(C=CCCl)ccc1OC(F)F. The van der Waals surface area contributed by atoms with Crippen molar-refractivity contribution >= 4 is 17.7 Å². The van der Waals surface area contributed by atoms with Crippen LogP contribution < -0.4 is 9.47 Å². The Morgan fingerprint density at radius 2 is 2.12 bits per heavy atom. The van der Waals surface area contributed by atoms with Gasteiger partial charge >= 0.3 is 6.61 Å². The van der Waals surface area contributed by atoms with Crippen molar-refractivity contribution in [3.63, 3.8) is 0 Å². The summed E-state index contributed by atoms with van der Waals surface area (Å²) in [5.74, 6) is 0.662. The molecule has 0 aliphatic heterocycles. The number of ether oxygens (including phenoxy) is 2. The van der Waals surface area contributed by atoms with Crippen LogP contribution in [0.1, 0.15) is 5.56 Å². The van der Waals surface area contributed by atoms with Crippen LogP contribution in [0.2, 0.25) is 0 Å². The minimum Gasteiger partial charge on any atom is -0.493 e. The van der Waals surface area contributed by atoms with Crippen LogP contribution in [0.25, 0.3) is 6.08 Å². The Morgan fingerprint density at radius 3 is 2.69 bits per heavy atom. The fraction of sp³-hybridized carbons (Fsp3) is 0.273.